The number of nitrogens with one attached hydrogen (secondary N) is 1. The molecule has 0 aliphatic carbocycles. The van der Waals surface area contributed by atoms with Crippen molar-refractivity contribution >= 4 is 29.0 Å². The third kappa shape index (κ3) is 2.01. The predicted molar refractivity (Wildman–Crippen MR) is 67.2 cm³/mol. The minimum absolute atomic E-state index is 0.0127. The zero-order valence-electron chi connectivity index (χ0n) is 9.34. The molecule has 0 fully saturated rings. The normalized spacial score (nSPS) is 23.1. The molecule has 1 amide bonds. The number of aliphatic hydroxyl groups is 1. The van der Waals surface area contributed by atoms with Crippen molar-refractivity contribution in [1.29, 1.82) is 0 Å². The van der Waals surface area contributed by atoms with Gasteiger partial charge in [-0.1, -0.05) is 17.8 Å². The summed E-state index contributed by atoms with van der Waals surface area (Å²) in [5.74, 6) is -0.283. The summed E-state index contributed by atoms with van der Waals surface area (Å²) in [7, 11) is 2.96. The van der Waals surface area contributed by atoms with Crippen LogP contribution in [-0.4, -0.2) is 30.2 Å². The maximum Gasteiger partial charge on any atom is 0.288 e. The number of hydrogen-bond donors (Lipinski definition) is 2. The van der Waals surface area contributed by atoms with Crippen LogP contribution >= 0.6 is 23.1 Å². The molecule has 7 heteroatoms. The van der Waals surface area contributed by atoms with Crippen molar-refractivity contribution in [2.24, 2.45) is 0 Å². The van der Waals surface area contributed by atoms with Crippen LogP contribution in [0.3, 0.4) is 0 Å². The topological polar surface area (TPSA) is 61.8 Å². The molecule has 17 heavy (non-hydrogen) atoms. The Hall–Kier alpha value is -1.18. The fourth-order valence-electron chi connectivity index (χ4n) is 1.50. The Balaban J connectivity index is 2.36. The van der Waals surface area contributed by atoms with Crippen LogP contribution in [0.1, 0.15) is 4.88 Å². The van der Waals surface area contributed by atoms with Crippen LogP contribution in [0.25, 0.3) is 0 Å². The van der Waals surface area contributed by atoms with Crippen molar-refractivity contribution in [3.8, 4) is 0 Å². The molecule has 0 spiro atoms. The fourth-order valence-corrected chi connectivity index (χ4v) is 3.47. The number of amides is 1. The van der Waals surface area contributed by atoms with E-state index in [2.05, 4.69) is 5.32 Å². The molecule has 2 rings (SSSR count). The number of thioether (sulfide) groups is 1. The van der Waals surface area contributed by atoms with Gasteiger partial charge in [-0.25, -0.2) is 5.06 Å². The summed E-state index contributed by atoms with van der Waals surface area (Å²) in [6.45, 7) is 0. The van der Waals surface area contributed by atoms with Crippen LogP contribution in [0.15, 0.2) is 28.8 Å². The summed E-state index contributed by atoms with van der Waals surface area (Å²) in [4.78, 5) is 17.0. The third-order valence-corrected chi connectivity index (χ3v) is 4.69. The number of aliphatic hydroxyl groups excluding tert-OH is 1. The highest BCUT2D eigenvalue weighted by Crippen LogP contribution is 2.43. The van der Waals surface area contributed by atoms with Gasteiger partial charge < -0.3 is 10.4 Å². The second kappa shape index (κ2) is 4.59. The quantitative estimate of drug-likeness (QED) is 0.819. The van der Waals surface area contributed by atoms with Gasteiger partial charge in [0.1, 0.15) is 0 Å². The van der Waals surface area contributed by atoms with Crippen LogP contribution in [0.4, 0.5) is 0 Å². The molecule has 2 heterocycles. The largest absolute Gasteiger partial charge is 0.494 e. The van der Waals surface area contributed by atoms with Gasteiger partial charge >= 0.3 is 0 Å². The summed E-state index contributed by atoms with van der Waals surface area (Å²) in [5.41, 5.74) is 0. The molecular weight excluding hydrogens is 260 g/mol. The average Bonchev–Trinajstić information content (AvgIpc) is 2.96. The molecule has 1 atom stereocenters. The van der Waals surface area contributed by atoms with E-state index >= 15 is 0 Å². The van der Waals surface area contributed by atoms with Crippen molar-refractivity contribution in [3.63, 3.8) is 0 Å². The van der Waals surface area contributed by atoms with Crippen molar-refractivity contribution in [3.05, 3.63) is 33.7 Å². The molecule has 1 unspecified atom stereocenters. The second-order valence-corrected chi connectivity index (χ2v) is 5.42. The van der Waals surface area contributed by atoms with Gasteiger partial charge in [-0.2, -0.15) is 0 Å². The monoisotopic (exact) mass is 272 g/mol. The molecule has 0 aromatic carbocycles. The molecule has 2 N–H and O–H groups in total. The van der Waals surface area contributed by atoms with Crippen LogP contribution in [0.2, 0.25) is 0 Å². The van der Waals surface area contributed by atoms with Crippen LogP contribution in [0, 0.1) is 0 Å². The lowest BCUT2D eigenvalue weighted by molar-refractivity contribution is -0.172. The Morgan fingerprint density at radius 1 is 1.65 bits per heavy atom. The van der Waals surface area contributed by atoms with Crippen molar-refractivity contribution < 1.29 is 14.7 Å². The number of likely N-dealkylation sites (N-methyl/N-ethyl adjacent to an activating group) is 1. The predicted octanol–water partition coefficient (Wildman–Crippen LogP) is 1.61. The van der Waals surface area contributed by atoms with E-state index < -0.39 is 4.87 Å². The molecule has 0 bridgehead atoms. The highest BCUT2D eigenvalue weighted by molar-refractivity contribution is 8.04. The molecule has 5 nitrogen and oxygen atoms in total. The smallest absolute Gasteiger partial charge is 0.288 e. The van der Waals surface area contributed by atoms with Crippen LogP contribution < -0.4 is 5.32 Å². The van der Waals surface area contributed by atoms with E-state index in [1.165, 1.54) is 42.7 Å². The van der Waals surface area contributed by atoms with Gasteiger partial charge in [-0.15, -0.1) is 11.3 Å². The Labute approximate surface area is 107 Å². The van der Waals surface area contributed by atoms with Gasteiger partial charge in [-0.05, 0) is 11.4 Å². The molecule has 1 aromatic heterocycles. The zero-order chi connectivity index (χ0) is 12.5. The van der Waals surface area contributed by atoms with E-state index in [0.29, 0.717) is 0 Å². The number of rotatable bonds is 3. The van der Waals surface area contributed by atoms with E-state index in [1.807, 2.05) is 17.5 Å². The molecule has 1 aromatic rings. The van der Waals surface area contributed by atoms with Crippen LogP contribution in [0.5, 0.6) is 0 Å². The number of nitrogens with zero attached hydrogens (tertiary/aromatic N) is 1. The van der Waals surface area contributed by atoms with E-state index in [4.69, 9.17) is 4.84 Å². The van der Waals surface area contributed by atoms with Gasteiger partial charge in [0, 0.05) is 12.5 Å². The number of thiophene rings is 1. The minimum atomic E-state index is -1.02. The van der Waals surface area contributed by atoms with E-state index in [-0.39, 0.29) is 11.8 Å². The Kier molecular flexibility index (Phi) is 3.32. The lowest BCUT2D eigenvalue weighted by Gasteiger charge is -2.29. The summed E-state index contributed by atoms with van der Waals surface area (Å²) >= 11 is 2.67. The SMILES string of the molecule is CON(C)C(=O)C1(c2cccs2)NC(O)=CS1. The van der Waals surface area contributed by atoms with E-state index in [0.717, 1.165) is 9.94 Å². The number of hydrogen-bond acceptors (Lipinski definition) is 6. The Morgan fingerprint density at radius 3 is 2.88 bits per heavy atom. The number of carbonyl (C=O) groups excluding carboxylic acids is 1. The second-order valence-electron chi connectivity index (χ2n) is 3.39. The molecule has 0 saturated carbocycles. The standard InChI is InChI=1S/C10H12N2O3S2/c1-12(15-2)9(14)10(7-4-3-5-16-7)11-8(13)6-17-10/h3-6,11,13H,1-2H3. The third-order valence-electron chi connectivity index (χ3n) is 2.38. The number of hydroxylamine groups is 2. The van der Waals surface area contributed by atoms with Crippen molar-refractivity contribution in [2.75, 3.05) is 14.2 Å². The lowest BCUT2D eigenvalue weighted by Crippen LogP contribution is -2.49. The fraction of sp³-hybridized carbons (Fsp3) is 0.300. The summed E-state index contributed by atoms with van der Waals surface area (Å²) in [6, 6.07) is 3.71. The van der Waals surface area contributed by atoms with Gasteiger partial charge in [0.15, 0.2) is 5.88 Å². The molecule has 1 aliphatic rings. The minimum Gasteiger partial charge on any atom is -0.494 e. The first-order valence-corrected chi connectivity index (χ1v) is 6.57. The van der Waals surface area contributed by atoms with Gasteiger partial charge in [-0.3, -0.25) is 9.63 Å². The first kappa shape index (κ1) is 12.3. The summed E-state index contributed by atoms with van der Waals surface area (Å²) in [5, 5.41) is 16.8. The molecular formula is C10H12N2O3S2. The van der Waals surface area contributed by atoms with Gasteiger partial charge in [0.05, 0.1) is 12.0 Å². The van der Waals surface area contributed by atoms with E-state index in [1.54, 1.807) is 0 Å². The van der Waals surface area contributed by atoms with Gasteiger partial charge in [0.2, 0.25) is 4.87 Å². The summed E-state index contributed by atoms with van der Waals surface area (Å²) < 4.78 is 0. The van der Waals surface area contributed by atoms with Crippen LogP contribution in [-0.2, 0) is 14.5 Å². The number of carbonyl (C=O) groups is 1. The first-order chi connectivity index (χ1) is 8.10. The van der Waals surface area contributed by atoms with E-state index in [9.17, 15) is 9.90 Å². The highest BCUT2D eigenvalue weighted by Gasteiger charge is 2.47. The Bertz CT molecular complexity index is 446. The maximum atomic E-state index is 12.3. The molecule has 92 valence electrons. The van der Waals surface area contributed by atoms with Crippen molar-refractivity contribution in [2.45, 2.75) is 4.87 Å². The average molecular weight is 272 g/mol. The first-order valence-electron chi connectivity index (χ1n) is 4.81. The molecule has 1 aliphatic heterocycles. The zero-order valence-corrected chi connectivity index (χ0v) is 11.0. The Morgan fingerprint density at radius 2 is 2.41 bits per heavy atom. The molecule has 0 saturated heterocycles. The highest BCUT2D eigenvalue weighted by atomic mass is 32.2. The summed E-state index contributed by atoms with van der Waals surface area (Å²) in [6.07, 6.45) is 0. The lowest BCUT2D eigenvalue weighted by atomic mass is 10.2. The van der Waals surface area contributed by atoms with Crippen molar-refractivity contribution in [1.82, 2.24) is 10.4 Å². The van der Waals surface area contributed by atoms with Gasteiger partial charge in [0.25, 0.3) is 5.91 Å². The maximum absolute atomic E-state index is 12.3. The molecule has 0 radical (unpaired) electrons.